The zero-order valence-electron chi connectivity index (χ0n) is 22.1. The molecule has 1 saturated heterocycles. The van der Waals surface area contributed by atoms with E-state index < -0.39 is 47.9 Å². The first-order valence-corrected chi connectivity index (χ1v) is 14.1. The molecule has 8 nitrogen and oxygen atoms in total. The standard InChI is InChI=1S/C31H23Cl3N2O6/c1-17-3-2-4-24-27(17)30(40)36(29(24)39)35(28(38)19-5-9-20(32)10-6-19)16-26(37)18-7-12-22(13-8-18)42-31(41)23-14-11-21(33)15-25(23)34/h2-3,5-15,17,24,27H,4,16H2,1H3/t17-,24+,27-/m1/s1. The van der Waals surface area contributed by atoms with Gasteiger partial charge in [0.25, 0.3) is 17.7 Å². The number of carbonyl (C=O) groups excluding carboxylic acids is 5. The van der Waals surface area contributed by atoms with Crippen LogP contribution >= 0.6 is 34.8 Å². The molecular formula is C31H23Cl3N2O6. The lowest BCUT2D eigenvalue weighted by molar-refractivity contribution is -0.154. The average Bonchev–Trinajstić information content (AvgIpc) is 3.22. The van der Waals surface area contributed by atoms with Crippen LogP contribution in [0.4, 0.5) is 0 Å². The molecule has 3 atom stereocenters. The van der Waals surface area contributed by atoms with Gasteiger partial charge in [-0.05, 0) is 79.1 Å². The molecule has 3 amide bonds. The van der Waals surface area contributed by atoms with E-state index in [1.807, 2.05) is 19.1 Å². The number of allylic oxidation sites excluding steroid dienone is 2. The molecule has 1 heterocycles. The third-order valence-corrected chi connectivity index (χ3v) is 8.05. The Kier molecular flexibility index (Phi) is 8.50. The Hall–Kier alpha value is -3.98. The summed E-state index contributed by atoms with van der Waals surface area (Å²) >= 11 is 17.9. The lowest BCUT2D eigenvalue weighted by Crippen LogP contribution is -2.52. The number of nitrogens with zero attached hydrogens (tertiary/aromatic N) is 2. The van der Waals surface area contributed by atoms with Crippen molar-refractivity contribution in [3.63, 3.8) is 0 Å². The molecule has 3 aromatic rings. The summed E-state index contributed by atoms with van der Waals surface area (Å²) in [5.41, 5.74) is 0.430. The van der Waals surface area contributed by atoms with E-state index in [1.165, 1.54) is 66.7 Å². The van der Waals surface area contributed by atoms with E-state index in [4.69, 9.17) is 39.5 Å². The summed E-state index contributed by atoms with van der Waals surface area (Å²) < 4.78 is 5.36. The highest BCUT2D eigenvalue weighted by atomic mass is 35.5. The maximum Gasteiger partial charge on any atom is 0.345 e. The third kappa shape index (κ3) is 5.83. The van der Waals surface area contributed by atoms with E-state index in [2.05, 4.69) is 0 Å². The van der Waals surface area contributed by atoms with Gasteiger partial charge in [-0.15, -0.1) is 0 Å². The first-order valence-electron chi connectivity index (χ1n) is 13.0. The second-order valence-electron chi connectivity index (χ2n) is 9.97. The Labute approximate surface area is 256 Å². The molecule has 1 aliphatic heterocycles. The van der Waals surface area contributed by atoms with Crippen LogP contribution in [0.1, 0.15) is 44.4 Å². The van der Waals surface area contributed by atoms with E-state index >= 15 is 0 Å². The number of ether oxygens (including phenoxy) is 1. The van der Waals surface area contributed by atoms with Gasteiger partial charge in [-0.3, -0.25) is 19.2 Å². The minimum Gasteiger partial charge on any atom is -0.423 e. The summed E-state index contributed by atoms with van der Waals surface area (Å²) in [7, 11) is 0. The second kappa shape index (κ2) is 12.1. The number of imide groups is 1. The van der Waals surface area contributed by atoms with E-state index in [0.29, 0.717) is 16.5 Å². The number of benzene rings is 3. The summed E-state index contributed by atoms with van der Waals surface area (Å²) in [5, 5.41) is 2.61. The number of amides is 3. The molecular weight excluding hydrogens is 603 g/mol. The smallest absolute Gasteiger partial charge is 0.345 e. The van der Waals surface area contributed by atoms with Crippen molar-refractivity contribution in [1.82, 2.24) is 10.0 Å². The van der Waals surface area contributed by atoms with Gasteiger partial charge in [0.2, 0.25) is 0 Å². The van der Waals surface area contributed by atoms with E-state index in [-0.39, 0.29) is 33.4 Å². The fourth-order valence-electron chi connectivity index (χ4n) is 5.10. The van der Waals surface area contributed by atoms with Crippen molar-refractivity contribution < 1.29 is 28.7 Å². The number of rotatable bonds is 7. The predicted octanol–water partition coefficient (Wildman–Crippen LogP) is 6.30. The monoisotopic (exact) mass is 624 g/mol. The van der Waals surface area contributed by atoms with Gasteiger partial charge in [0, 0.05) is 21.2 Å². The van der Waals surface area contributed by atoms with Crippen LogP contribution in [0.25, 0.3) is 0 Å². The van der Waals surface area contributed by atoms with Crippen molar-refractivity contribution in [1.29, 1.82) is 0 Å². The third-order valence-electron chi connectivity index (χ3n) is 7.25. The van der Waals surface area contributed by atoms with Gasteiger partial charge in [-0.2, -0.15) is 5.01 Å². The molecule has 5 rings (SSSR count). The molecule has 1 fully saturated rings. The molecule has 1 aliphatic carbocycles. The molecule has 2 aliphatic rings. The number of hydrogen-bond acceptors (Lipinski definition) is 6. The summed E-state index contributed by atoms with van der Waals surface area (Å²) in [5.74, 6) is -4.31. The van der Waals surface area contributed by atoms with Gasteiger partial charge in [-0.25, -0.2) is 9.80 Å². The van der Waals surface area contributed by atoms with Crippen molar-refractivity contribution in [2.45, 2.75) is 13.3 Å². The number of halogens is 3. The molecule has 0 spiro atoms. The molecule has 0 unspecified atom stereocenters. The molecule has 214 valence electrons. The van der Waals surface area contributed by atoms with Crippen LogP contribution < -0.4 is 4.74 Å². The topological polar surface area (TPSA) is 101 Å². The van der Waals surface area contributed by atoms with Gasteiger partial charge in [0.1, 0.15) is 12.3 Å². The van der Waals surface area contributed by atoms with E-state index in [1.54, 1.807) is 0 Å². The quantitative estimate of drug-likeness (QED) is 0.100. The second-order valence-corrected chi connectivity index (χ2v) is 11.3. The van der Waals surface area contributed by atoms with E-state index in [0.717, 1.165) is 10.0 Å². The molecule has 0 N–H and O–H groups in total. The molecule has 0 radical (unpaired) electrons. The number of fused-ring (bicyclic) bond motifs is 1. The lowest BCUT2D eigenvalue weighted by Gasteiger charge is -2.30. The van der Waals surface area contributed by atoms with Gasteiger partial charge in [-0.1, -0.05) is 53.9 Å². The maximum absolute atomic E-state index is 13.6. The van der Waals surface area contributed by atoms with Crippen LogP contribution in [-0.4, -0.2) is 46.0 Å². The summed E-state index contributed by atoms with van der Waals surface area (Å²) in [6.07, 6.45) is 4.10. The first kappa shape index (κ1) is 29.5. The Morgan fingerprint density at radius 1 is 0.881 bits per heavy atom. The molecule has 0 saturated carbocycles. The van der Waals surface area contributed by atoms with Crippen molar-refractivity contribution in [2.24, 2.45) is 17.8 Å². The highest BCUT2D eigenvalue weighted by Gasteiger charge is 2.53. The Balaban J connectivity index is 1.38. The van der Waals surface area contributed by atoms with Crippen LogP contribution in [0.5, 0.6) is 5.75 Å². The zero-order valence-corrected chi connectivity index (χ0v) is 24.4. The summed E-state index contributed by atoms with van der Waals surface area (Å²) in [4.78, 5) is 66.5. The number of esters is 1. The molecule has 11 heteroatoms. The van der Waals surface area contributed by atoms with E-state index in [9.17, 15) is 24.0 Å². The minimum absolute atomic E-state index is 0.114. The number of carbonyl (C=O) groups is 5. The summed E-state index contributed by atoms with van der Waals surface area (Å²) in [6.45, 7) is 1.26. The molecule has 0 bridgehead atoms. The van der Waals surface area contributed by atoms with Crippen molar-refractivity contribution in [2.75, 3.05) is 6.54 Å². The average molecular weight is 626 g/mol. The highest BCUT2D eigenvalue weighted by molar-refractivity contribution is 6.36. The Morgan fingerprint density at radius 3 is 2.17 bits per heavy atom. The minimum atomic E-state index is -0.716. The largest absolute Gasteiger partial charge is 0.423 e. The van der Waals surface area contributed by atoms with Gasteiger partial charge >= 0.3 is 5.97 Å². The fraction of sp³-hybridized carbons (Fsp3) is 0.194. The number of Topliss-reactive ketones (excluding diaryl/α,β-unsaturated/α-hetero) is 1. The number of hydrazine groups is 1. The van der Waals surface area contributed by atoms with Gasteiger partial charge in [0.05, 0.1) is 22.4 Å². The normalized spacial score (nSPS) is 19.4. The van der Waals surface area contributed by atoms with Crippen LogP contribution in [0.2, 0.25) is 15.1 Å². The van der Waals surface area contributed by atoms with Gasteiger partial charge in [0.15, 0.2) is 5.78 Å². The Bertz CT molecular complexity index is 1620. The number of ketones is 1. The Morgan fingerprint density at radius 2 is 1.52 bits per heavy atom. The summed E-state index contributed by atoms with van der Waals surface area (Å²) in [6, 6.07) is 15.9. The predicted molar refractivity (Wildman–Crippen MR) is 156 cm³/mol. The fourth-order valence-corrected chi connectivity index (χ4v) is 5.71. The van der Waals surface area contributed by atoms with Crippen LogP contribution in [0, 0.1) is 17.8 Å². The van der Waals surface area contributed by atoms with Crippen LogP contribution in [-0.2, 0) is 9.59 Å². The van der Waals surface area contributed by atoms with Crippen molar-refractivity contribution in [3.05, 3.63) is 111 Å². The van der Waals surface area contributed by atoms with Gasteiger partial charge < -0.3 is 4.74 Å². The number of hydrogen-bond donors (Lipinski definition) is 0. The molecule has 42 heavy (non-hydrogen) atoms. The molecule has 0 aromatic heterocycles. The molecule has 3 aromatic carbocycles. The van der Waals surface area contributed by atoms with Crippen molar-refractivity contribution >= 4 is 64.3 Å². The maximum atomic E-state index is 13.6. The van der Waals surface area contributed by atoms with Crippen LogP contribution in [0.15, 0.2) is 78.9 Å². The zero-order chi connectivity index (χ0) is 30.1. The van der Waals surface area contributed by atoms with Crippen molar-refractivity contribution in [3.8, 4) is 5.75 Å². The van der Waals surface area contributed by atoms with Crippen LogP contribution in [0.3, 0.4) is 0 Å². The highest BCUT2D eigenvalue weighted by Crippen LogP contribution is 2.39. The lowest BCUT2D eigenvalue weighted by atomic mass is 9.78. The SMILES string of the molecule is C[C@@H]1C=CC[C@@H]2C(=O)N(N(CC(=O)c3ccc(OC(=O)c4ccc(Cl)cc4Cl)cc3)C(=O)c3ccc(Cl)cc3)C(=O)[C@H]12. The first-order chi connectivity index (χ1) is 20.0.